The van der Waals surface area contributed by atoms with Crippen LogP contribution in [0, 0.1) is 0 Å². The van der Waals surface area contributed by atoms with Crippen LogP contribution in [0.5, 0.6) is 5.75 Å². The Morgan fingerprint density at radius 2 is 2.11 bits per heavy atom. The van der Waals surface area contributed by atoms with Gasteiger partial charge in [0, 0.05) is 0 Å². The number of carbonyl (C=O) groups is 2. The van der Waals surface area contributed by atoms with Crippen LogP contribution in [0.25, 0.3) is 0 Å². The molecular formula is C14H18N2O3. The first-order valence-electron chi connectivity index (χ1n) is 6.18. The lowest BCUT2D eigenvalue weighted by Gasteiger charge is -2.26. The van der Waals surface area contributed by atoms with Crippen LogP contribution in [0.15, 0.2) is 18.2 Å². The molecule has 1 aromatic carbocycles. The molecule has 1 aliphatic rings. The smallest absolute Gasteiger partial charge is 0.265 e. The number of benzene rings is 1. The first-order chi connectivity index (χ1) is 8.90. The van der Waals surface area contributed by atoms with Gasteiger partial charge >= 0.3 is 0 Å². The number of nitrogens with one attached hydrogen (secondary N) is 1. The number of fused-ring (bicyclic) bond motifs is 1. The first-order valence-corrected chi connectivity index (χ1v) is 6.18. The Balaban J connectivity index is 2.38. The number of likely N-dealkylation sites (N-methyl/N-ethyl adjacent to an activating group) is 1. The van der Waals surface area contributed by atoms with E-state index in [-0.39, 0.29) is 17.7 Å². The molecule has 0 saturated heterocycles. The SMILES string of the molecule is CC(=O)C(c1ccc2c(c1)NC(=O)C(C)O2)N(C)C. The van der Waals surface area contributed by atoms with Crippen molar-refractivity contribution in [3.05, 3.63) is 23.8 Å². The molecule has 1 aromatic rings. The third-order valence-electron chi connectivity index (χ3n) is 3.15. The maximum absolute atomic E-state index is 11.7. The number of anilines is 1. The Labute approximate surface area is 112 Å². The van der Waals surface area contributed by atoms with Crippen molar-refractivity contribution in [3.63, 3.8) is 0 Å². The van der Waals surface area contributed by atoms with Crippen LogP contribution in [0.2, 0.25) is 0 Å². The maximum atomic E-state index is 11.7. The molecule has 1 aliphatic heterocycles. The largest absolute Gasteiger partial charge is 0.479 e. The molecule has 2 unspecified atom stereocenters. The molecule has 5 nitrogen and oxygen atoms in total. The van der Waals surface area contributed by atoms with Crippen LogP contribution >= 0.6 is 0 Å². The number of ether oxygens (including phenoxy) is 1. The van der Waals surface area contributed by atoms with Crippen molar-refractivity contribution in [1.82, 2.24) is 4.90 Å². The molecule has 0 fully saturated rings. The fraction of sp³-hybridized carbons (Fsp3) is 0.429. The highest BCUT2D eigenvalue weighted by Gasteiger charge is 2.26. The lowest BCUT2D eigenvalue weighted by molar-refractivity contribution is -0.122. The molecule has 0 aromatic heterocycles. The summed E-state index contributed by atoms with van der Waals surface area (Å²) in [6.45, 7) is 3.26. The van der Waals surface area contributed by atoms with Crippen LogP contribution in [0.3, 0.4) is 0 Å². The van der Waals surface area contributed by atoms with E-state index in [4.69, 9.17) is 4.74 Å². The zero-order chi connectivity index (χ0) is 14.2. The van der Waals surface area contributed by atoms with Gasteiger partial charge in [0.1, 0.15) is 5.75 Å². The normalized spacial score (nSPS) is 19.4. The number of amides is 1. The number of hydrogen-bond donors (Lipinski definition) is 1. The molecule has 2 atom stereocenters. The van der Waals surface area contributed by atoms with E-state index in [9.17, 15) is 9.59 Å². The molecule has 0 spiro atoms. The lowest BCUT2D eigenvalue weighted by Crippen LogP contribution is -2.34. The van der Waals surface area contributed by atoms with E-state index in [1.54, 1.807) is 26.0 Å². The second-order valence-electron chi connectivity index (χ2n) is 4.98. The van der Waals surface area contributed by atoms with Crippen molar-refractivity contribution in [1.29, 1.82) is 0 Å². The summed E-state index contributed by atoms with van der Waals surface area (Å²) < 4.78 is 5.49. The minimum Gasteiger partial charge on any atom is -0.479 e. The van der Waals surface area contributed by atoms with Gasteiger partial charge < -0.3 is 10.1 Å². The third kappa shape index (κ3) is 2.61. The predicted molar refractivity (Wildman–Crippen MR) is 72.3 cm³/mol. The molecule has 1 heterocycles. The number of rotatable bonds is 3. The van der Waals surface area contributed by atoms with Crippen molar-refractivity contribution in [2.75, 3.05) is 19.4 Å². The van der Waals surface area contributed by atoms with Crippen LogP contribution in [-0.4, -0.2) is 36.8 Å². The summed E-state index contributed by atoms with van der Waals surface area (Å²) >= 11 is 0. The second-order valence-corrected chi connectivity index (χ2v) is 4.98. The lowest BCUT2D eigenvalue weighted by atomic mass is 10.0. The summed E-state index contributed by atoms with van der Waals surface area (Å²) in [4.78, 5) is 25.1. The Bertz CT molecular complexity index is 525. The summed E-state index contributed by atoms with van der Waals surface area (Å²) in [5.41, 5.74) is 1.46. The summed E-state index contributed by atoms with van der Waals surface area (Å²) in [7, 11) is 3.70. The quantitative estimate of drug-likeness (QED) is 0.899. The zero-order valence-corrected chi connectivity index (χ0v) is 11.6. The number of hydrogen-bond acceptors (Lipinski definition) is 4. The van der Waals surface area contributed by atoms with Gasteiger partial charge in [-0.1, -0.05) is 6.07 Å². The molecule has 102 valence electrons. The van der Waals surface area contributed by atoms with Gasteiger partial charge in [0.2, 0.25) is 0 Å². The molecule has 1 amide bonds. The fourth-order valence-electron chi connectivity index (χ4n) is 2.29. The van der Waals surface area contributed by atoms with E-state index >= 15 is 0 Å². The van der Waals surface area contributed by atoms with Crippen LogP contribution < -0.4 is 10.1 Å². The van der Waals surface area contributed by atoms with E-state index in [1.807, 2.05) is 25.1 Å². The Morgan fingerprint density at radius 1 is 1.42 bits per heavy atom. The fourth-order valence-corrected chi connectivity index (χ4v) is 2.29. The molecule has 0 saturated carbocycles. The van der Waals surface area contributed by atoms with Crippen molar-refractivity contribution in [2.45, 2.75) is 26.0 Å². The van der Waals surface area contributed by atoms with E-state index in [0.29, 0.717) is 11.4 Å². The standard InChI is InChI=1S/C14H18N2O3/c1-8(17)13(16(3)4)10-5-6-12-11(7-10)15-14(18)9(2)19-12/h5-7,9,13H,1-4H3,(H,15,18). The molecule has 1 N–H and O–H groups in total. The van der Waals surface area contributed by atoms with Crippen molar-refractivity contribution >= 4 is 17.4 Å². The first kappa shape index (κ1) is 13.5. The number of carbonyl (C=O) groups excluding carboxylic acids is 2. The van der Waals surface area contributed by atoms with Crippen molar-refractivity contribution in [2.24, 2.45) is 0 Å². The highest BCUT2D eigenvalue weighted by atomic mass is 16.5. The molecule has 0 aliphatic carbocycles. The Morgan fingerprint density at radius 3 is 2.68 bits per heavy atom. The maximum Gasteiger partial charge on any atom is 0.265 e. The second kappa shape index (κ2) is 5.01. The summed E-state index contributed by atoms with van der Waals surface area (Å²) in [5, 5.41) is 2.79. The predicted octanol–water partition coefficient (Wildman–Crippen LogP) is 1.60. The Hall–Kier alpha value is -1.88. The van der Waals surface area contributed by atoms with E-state index in [0.717, 1.165) is 5.56 Å². The van der Waals surface area contributed by atoms with Gasteiger partial charge in [0.05, 0.1) is 11.7 Å². The topological polar surface area (TPSA) is 58.6 Å². The minimum absolute atomic E-state index is 0.0568. The van der Waals surface area contributed by atoms with Gasteiger partial charge in [-0.2, -0.15) is 0 Å². The van der Waals surface area contributed by atoms with Gasteiger partial charge in [-0.05, 0) is 45.6 Å². The number of ketones is 1. The zero-order valence-electron chi connectivity index (χ0n) is 11.6. The minimum atomic E-state index is -0.490. The number of nitrogens with zero attached hydrogens (tertiary/aromatic N) is 1. The van der Waals surface area contributed by atoms with Crippen LogP contribution in [0.4, 0.5) is 5.69 Å². The summed E-state index contributed by atoms with van der Waals surface area (Å²) in [5.74, 6) is 0.521. The Kier molecular flexibility index (Phi) is 3.57. The van der Waals surface area contributed by atoms with Crippen LogP contribution in [-0.2, 0) is 9.59 Å². The van der Waals surface area contributed by atoms with Gasteiger partial charge in [-0.25, -0.2) is 0 Å². The molecule has 19 heavy (non-hydrogen) atoms. The molecule has 0 radical (unpaired) electrons. The van der Waals surface area contributed by atoms with Gasteiger partial charge in [-0.3, -0.25) is 14.5 Å². The third-order valence-corrected chi connectivity index (χ3v) is 3.15. The van der Waals surface area contributed by atoms with Gasteiger partial charge in [0.25, 0.3) is 5.91 Å². The highest BCUT2D eigenvalue weighted by Crippen LogP contribution is 2.33. The van der Waals surface area contributed by atoms with Crippen molar-refractivity contribution in [3.8, 4) is 5.75 Å². The van der Waals surface area contributed by atoms with E-state index in [1.165, 1.54) is 0 Å². The molecular weight excluding hydrogens is 244 g/mol. The highest BCUT2D eigenvalue weighted by molar-refractivity contribution is 5.97. The van der Waals surface area contributed by atoms with E-state index < -0.39 is 6.10 Å². The monoisotopic (exact) mass is 262 g/mol. The molecule has 0 bridgehead atoms. The van der Waals surface area contributed by atoms with Gasteiger partial charge in [0.15, 0.2) is 11.9 Å². The summed E-state index contributed by atoms with van der Waals surface area (Å²) in [6, 6.07) is 5.13. The van der Waals surface area contributed by atoms with E-state index in [2.05, 4.69) is 5.32 Å². The van der Waals surface area contributed by atoms with Crippen LogP contribution in [0.1, 0.15) is 25.5 Å². The molecule has 2 rings (SSSR count). The average Bonchev–Trinajstić information content (AvgIpc) is 2.30. The number of Topliss-reactive ketones (excluding diaryl/α,β-unsaturated/α-hetero) is 1. The summed E-state index contributed by atoms with van der Waals surface area (Å²) in [6.07, 6.45) is -0.490. The van der Waals surface area contributed by atoms with Gasteiger partial charge in [-0.15, -0.1) is 0 Å². The molecule has 5 heteroatoms. The average molecular weight is 262 g/mol. The van der Waals surface area contributed by atoms with Crippen molar-refractivity contribution < 1.29 is 14.3 Å².